The number of nitrogens with zero attached hydrogens (tertiary/aromatic N) is 1. The molecule has 2 aromatic carbocycles. The highest BCUT2D eigenvalue weighted by Gasteiger charge is 2.32. The van der Waals surface area contributed by atoms with Crippen LogP contribution in [-0.2, 0) is 17.3 Å². The molecular weight excluding hydrogens is 463 g/mol. The number of rotatable bonds is 3. The molecule has 0 unspecified atom stereocenters. The predicted octanol–water partition coefficient (Wildman–Crippen LogP) is 5.14. The van der Waals surface area contributed by atoms with Crippen LogP contribution < -0.4 is 9.64 Å². The Labute approximate surface area is 180 Å². The van der Waals surface area contributed by atoms with Crippen molar-refractivity contribution in [2.75, 3.05) is 38.3 Å². The number of Topliss-reactive ketones (excluding diaryl/α,β-unsaturated/α-hetero) is 1. The number of morpholine rings is 1. The molecule has 1 aliphatic heterocycles. The second kappa shape index (κ2) is 8.07. The molecule has 158 valence electrons. The van der Waals surface area contributed by atoms with Crippen LogP contribution in [0.3, 0.4) is 0 Å². The number of ether oxygens (including phenoxy) is 2. The number of benzene rings is 2. The minimum Gasteiger partial charge on any atom is -0.495 e. The molecule has 1 saturated heterocycles. The summed E-state index contributed by atoms with van der Waals surface area (Å²) in [5, 5.41) is 0. The van der Waals surface area contributed by atoms with Gasteiger partial charge < -0.3 is 14.4 Å². The number of anilines is 1. The number of halogens is 4. The van der Waals surface area contributed by atoms with Gasteiger partial charge in [0.15, 0.2) is 5.78 Å². The number of ketones is 1. The second-order valence-corrected chi connectivity index (χ2v) is 8.14. The monoisotopic (exact) mass is 481 g/mol. The molecule has 0 amide bonds. The van der Waals surface area contributed by atoms with Gasteiger partial charge in [0.1, 0.15) is 5.75 Å². The van der Waals surface area contributed by atoms with Crippen molar-refractivity contribution in [1.29, 1.82) is 0 Å². The lowest BCUT2D eigenvalue weighted by Gasteiger charge is -2.30. The summed E-state index contributed by atoms with van der Waals surface area (Å²) in [7, 11) is 1.56. The van der Waals surface area contributed by atoms with Crippen LogP contribution in [0.2, 0.25) is 0 Å². The molecule has 0 bridgehead atoms. The lowest BCUT2D eigenvalue weighted by Crippen LogP contribution is -2.36. The fourth-order valence-corrected chi connectivity index (χ4v) is 4.33. The number of methoxy groups -OCH3 is 1. The van der Waals surface area contributed by atoms with Crippen LogP contribution >= 0.6 is 15.9 Å². The Hall–Kier alpha value is -2.32. The average Bonchev–Trinajstić information content (AvgIpc) is 3.01. The van der Waals surface area contributed by atoms with E-state index in [1.165, 1.54) is 6.08 Å². The minimum absolute atomic E-state index is 0.189. The van der Waals surface area contributed by atoms with E-state index < -0.39 is 11.7 Å². The van der Waals surface area contributed by atoms with Gasteiger partial charge in [-0.15, -0.1) is 0 Å². The van der Waals surface area contributed by atoms with Gasteiger partial charge in [-0.25, -0.2) is 0 Å². The third-order valence-electron chi connectivity index (χ3n) is 5.26. The largest absolute Gasteiger partial charge is 0.495 e. The first kappa shape index (κ1) is 20.9. The highest BCUT2D eigenvalue weighted by Crippen LogP contribution is 2.38. The molecule has 1 aliphatic carbocycles. The molecular formula is C22H19BrF3NO3. The summed E-state index contributed by atoms with van der Waals surface area (Å²) in [6, 6.07) is 7.31. The molecule has 2 aliphatic rings. The SMILES string of the molecule is COc1cc2c(cc1N1CCOCC1)C/C(=C\c1cc(Br)cc(C(F)(F)F)c1)C2=O. The van der Waals surface area contributed by atoms with Gasteiger partial charge >= 0.3 is 6.18 Å². The van der Waals surface area contributed by atoms with Crippen LogP contribution in [0.4, 0.5) is 18.9 Å². The van der Waals surface area contributed by atoms with Gasteiger partial charge in [-0.05, 0) is 47.5 Å². The molecule has 1 fully saturated rings. The van der Waals surface area contributed by atoms with Crippen LogP contribution in [0.25, 0.3) is 6.08 Å². The Bertz CT molecular complexity index is 1030. The molecule has 0 aromatic heterocycles. The maximum atomic E-state index is 13.1. The van der Waals surface area contributed by atoms with Crippen molar-refractivity contribution in [1.82, 2.24) is 0 Å². The normalized spacial score (nSPS) is 18.1. The van der Waals surface area contributed by atoms with E-state index in [0.29, 0.717) is 46.6 Å². The van der Waals surface area contributed by atoms with Crippen LogP contribution in [0.5, 0.6) is 5.75 Å². The molecule has 4 rings (SSSR count). The van der Waals surface area contributed by atoms with E-state index in [2.05, 4.69) is 20.8 Å². The Kier molecular flexibility index (Phi) is 5.63. The van der Waals surface area contributed by atoms with E-state index in [1.54, 1.807) is 19.2 Å². The highest BCUT2D eigenvalue weighted by atomic mass is 79.9. The van der Waals surface area contributed by atoms with E-state index in [4.69, 9.17) is 9.47 Å². The number of carbonyl (C=O) groups is 1. The predicted molar refractivity (Wildman–Crippen MR) is 111 cm³/mol. The molecule has 0 radical (unpaired) electrons. The van der Waals surface area contributed by atoms with Crippen molar-refractivity contribution in [2.24, 2.45) is 0 Å². The fraction of sp³-hybridized carbons (Fsp3) is 0.318. The second-order valence-electron chi connectivity index (χ2n) is 7.23. The fourth-order valence-electron chi connectivity index (χ4n) is 3.82. The first-order valence-corrected chi connectivity index (χ1v) is 10.2. The number of allylic oxidation sites excluding steroid dienone is 1. The van der Waals surface area contributed by atoms with Crippen molar-refractivity contribution in [2.45, 2.75) is 12.6 Å². The molecule has 2 aromatic rings. The van der Waals surface area contributed by atoms with Crippen LogP contribution in [0, 0.1) is 0 Å². The Balaban J connectivity index is 1.69. The first-order chi connectivity index (χ1) is 14.3. The first-order valence-electron chi connectivity index (χ1n) is 9.43. The van der Waals surface area contributed by atoms with Crippen LogP contribution in [-0.4, -0.2) is 39.2 Å². The van der Waals surface area contributed by atoms with Gasteiger partial charge in [0.2, 0.25) is 0 Å². The molecule has 0 saturated carbocycles. The van der Waals surface area contributed by atoms with Gasteiger partial charge in [-0.3, -0.25) is 4.79 Å². The number of hydrogen-bond donors (Lipinski definition) is 0. The smallest absolute Gasteiger partial charge is 0.416 e. The van der Waals surface area contributed by atoms with Crippen molar-refractivity contribution >= 4 is 33.5 Å². The Morgan fingerprint density at radius 3 is 2.53 bits per heavy atom. The number of carbonyl (C=O) groups excluding carboxylic acids is 1. The summed E-state index contributed by atoms with van der Waals surface area (Å²) >= 11 is 3.12. The highest BCUT2D eigenvalue weighted by molar-refractivity contribution is 9.10. The van der Waals surface area contributed by atoms with Crippen LogP contribution in [0.15, 0.2) is 40.4 Å². The zero-order valence-corrected chi connectivity index (χ0v) is 17.8. The van der Waals surface area contributed by atoms with Crippen LogP contribution in [0.1, 0.15) is 27.0 Å². The average molecular weight is 482 g/mol. The van der Waals surface area contributed by atoms with Crippen molar-refractivity contribution in [3.8, 4) is 5.75 Å². The standard InChI is InChI=1S/C22H19BrF3NO3/c1-29-20-12-18-14(10-19(20)27-2-4-30-5-3-27)9-15(21(18)28)6-13-7-16(22(24,25)26)11-17(23)8-13/h6-8,10-12H,2-5,9H2,1H3/b15-6+. The lowest BCUT2D eigenvalue weighted by atomic mass is 10.1. The quantitative estimate of drug-likeness (QED) is 0.569. The summed E-state index contributed by atoms with van der Waals surface area (Å²) in [6.45, 7) is 2.69. The topological polar surface area (TPSA) is 38.8 Å². The maximum absolute atomic E-state index is 13.1. The molecule has 0 atom stereocenters. The minimum atomic E-state index is -4.46. The van der Waals surface area contributed by atoms with Crippen molar-refractivity contribution in [3.63, 3.8) is 0 Å². The summed E-state index contributed by atoms with van der Waals surface area (Å²) in [6.07, 6.45) is -2.56. The van der Waals surface area contributed by atoms with E-state index >= 15 is 0 Å². The Morgan fingerprint density at radius 1 is 1.13 bits per heavy atom. The number of alkyl halides is 3. The molecule has 1 heterocycles. The number of hydrogen-bond acceptors (Lipinski definition) is 4. The third kappa shape index (κ3) is 4.11. The van der Waals surface area contributed by atoms with E-state index in [1.807, 2.05) is 6.07 Å². The van der Waals surface area contributed by atoms with E-state index in [-0.39, 0.29) is 5.78 Å². The Morgan fingerprint density at radius 2 is 1.87 bits per heavy atom. The van der Waals surface area contributed by atoms with Crippen molar-refractivity contribution < 1.29 is 27.4 Å². The third-order valence-corrected chi connectivity index (χ3v) is 5.72. The maximum Gasteiger partial charge on any atom is 0.416 e. The lowest BCUT2D eigenvalue weighted by molar-refractivity contribution is -0.137. The molecule has 8 heteroatoms. The van der Waals surface area contributed by atoms with Gasteiger partial charge in [-0.2, -0.15) is 13.2 Å². The summed E-state index contributed by atoms with van der Waals surface area (Å²) in [5.41, 5.74) is 2.30. The molecule has 4 nitrogen and oxygen atoms in total. The van der Waals surface area contributed by atoms with E-state index in [0.717, 1.165) is 36.5 Å². The zero-order valence-electron chi connectivity index (χ0n) is 16.2. The zero-order chi connectivity index (χ0) is 21.5. The van der Waals surface area contributed by atoms with E-state index in [9.17, 15) is 18.0 Å². The van der Waals surface area contributed by atoms with Gasteiger partial charge in [0.25, 0.3) is 0 Å². The number of fused-ring (bicyclic) bond motifs is 1. The molecule has 30 heavy (non-hydrogen) atoms. The summed E-state index contributed by atoms with van der Waals surface area (Å²) in [4.78, 5) is 15.1. The van der Waals surface area contributed by atoms with Gasteiger partial charge in [-0.1, -0.05) is 15.9 Å². The molecule has 0 spiro atoms. The van der Waals surface area contributed by atoms with Gasteiger partial charge in [0, 0.05) is 35.1 Å². The van der Waals surface area contributed by atoms with Crippen molar-refractivity contribution in [3.05, 3.63) is 62.6 Å². The summed E-state index contributed by atoms with van der Waals surface area (Å²) in [5.74, 6) is 0.414. The summed E-state index contributed by atoms with van der Waals surface area (Å²) < 4.78 is 50.6. The van der Waals surface area contributed by atoms with Gasteiger partial charge in [0.05, 0.1) is 31.6 Å². The molecule has 0 N–H and O–H groups in total.